The summed E-state index contributed by atoms with van der Waals surface area (Å²) >= 11 is 0. The van der Waals surface area contributed by atoms with Crippen molar-refractivity contribution >= 4 is 23.3 Å². The molecule has 0 unspecified atom stereocenters. The molecule has 0 saturated carbocycles. The Morgan fingerprint density at radius 2 is 1.50 bits per heavy atom. The van der Waals surface area contributed by atoms with Crippen LogP contribution in [0.1, 0.15) is 11.5 Å². The number of ether oxygens (including phenoxy) is 1. The van der Waals surface area contributed by atoms with Crippen LogP contribution in [0.5, 0.6) is 0 Å². The Balaban J connectivity index is 2.13. The quantitative estimate of drug-likeness (QED) is 0.800. The average Bonchev–Trinajstić information content (AvgIpc) is 2.53. The number of allylic oxidation sites excluding steroid dienone is 2. The molecule has 0 N–H and O–H groups in total. The summed E-state index contributed by atoms with van der Waals surface area (Å²) in [5, 5.41) is 2.20. The minimum absolute atomic E-state index is 0.358. The van der Waals surface area contributed by atoms with Gasteiger partial charge in [-0.3, -0.25) is 9.59 Å². The molecule has 0 amide bonds. The van der Waals surface area contributed by atoms with Gasteiger partial charge in [-0.05, 0) is 16.3 Å². The third-order valence-electron chi connectivity index (χ3n) is 3.45. The van der Waals surface area contributed by atoms with Crippen LogP contribution in [0, 0.1) is 0 Å². The monoisotopic (exact) mass is 264 g/mol. The van der Waals surface area contributed by atoms with E-state index in [1.807, 2.05) is 42.5 Å². The maximum atomic E-state index is 11.2. The molecule has 0 spiro atoms. The molecule has 0 bridgehead atoms. The van der Waals surface area contributed by atoms with Crippen LogP contribution in [0.2, 0.25) is 0 Å². The van der Waals surface area contributed by atoms with Gasteiger partial charge in [0.15, 0.2) is 0 Å². The number of aldehydes is 2. The van der Waals surface area contributed by atoms with Crippen molar-refractivity contribution in [2.24, 2.45) is 0 Å². The first-order chi connectivity index (χ1) is 9.83. The van der Waals surface area contributed by atoms with Crippen LogP contribution in [0.3, 0.4) is 0 Å². The molecule has 3 rings (SSSR count). The molecule has 1 heterocycles. The van der Waals surface area contributed by atoms with E-state index < -0.39 is 0 Å². The summed E-state index contributed by atoms with van der Waals surface area (Å²) in [5.41, 5.74) is 1.80. The molecule has 0 atom stereocenters. The zero-order chi connectivity index (χ0) is 13.9. The first-order valence-corrected chi connectivity index (χ1v) is 6.28. The maximum absolute atomic E-state index is 11.2. The summed E-state index contributed by atoms with van der Waals surface area (Å²) < 4.78 is 5.03. The highest BCUT2D eigenvalue weighted by Gasteiger charge is 2.24. The molecular formula is C17H12O3. The summed E-state index contributed by atoms with van der Waals surface area (Å²) in [6, 6.07) is 13.9. The Hall–Kier alpha value is -2.68. The number of fused-ring (bicyclic) bond motifs is 1. The van der Waals surface area contributed by atoms with Crippen LogP contribution in [0.15, 0.2) is 66.1 Å². The van der Waals surface area contributed by atoms with Crippen LogP contribution in [-0.2, 0) is 14.3 Å². The number of benzene rings is 2. The van der Waals surface area contributed by atoms with Crippen LogP contribution in [-0.4, -0.2) is 12.6 Å². The predicted molar refractivity (Wildman–Crippen MR) is 76.1 cm³/mol. The van der Waals surface area contributed by atoms with Crippen molar-refractivity contribution in [1.29, 1.82) is 0 Å². The normalized spacial score (nSPS) is 15.2. The fourth-order valence-corrected chi connectivity index (χ4v) is 2.48. The minimum atomic E-state index is -0.358. The Bertz CT molecular complexity index is 717. The third kappa shape index (κ3) is 2.03. The minimum Gasteiger partial charge on any atom is -0.472 e. The lowest BCUT2D eigenvalue weighted by Crippen LogP contribution is -2.12. The molecule has 2 aromatic carbocycles. The van der Waals surface area contributed by atoms with Crippen molar-refractivity contribution in [3.8, 4) is 0 Å². The van der Waals surface area contributed by atoms with E-state index in [1.54, 1.807) is 0 Å². The van der Waals surface area contributed by atoms with E-state index in [-0.39, 0.29) is 5.92 Å². The van der Waals surface area contributed by atoms with Crippen LogP contribution < -0.4 is 0 Å². The van der Waals surface area contributed by atoms with Crippen LogP contribution in [0.25, 0.3) is 10.8 Å². The van der Waals surface area contributed by atoms with Crippen molar-refractivity contribution in [3.63, 3.8) is 0 Å². The molecule has 20 heavy (non-hydrogen) atoms. The van der Waals surface area contributed by atoms with Crippen molar-refractivity contribution in [2.75, 3.05) is 0 Å². The van der Waals surface area contributed by atoms with Gasteiger partial charge in [-0.25, -0.2) is 0 Å². The maximum Gasteiger partial charge on any atom is 0.150 e. The van der Waals surface area contributed by atoms with Crippen molar-refractivity contribution in [3.05, 3.63) is 71.7 Å². The SMILES string of the molecule is O=CC1=COC=C(C=O)C1c1ccc2ccccc2c1. The fourth-order valence-electron chi connectivity index (χ4n) is 2.48. The highest BCUT2D eigenvalue weighted by atomic mass is 16.5. The van der Waals surface area contributed by atoms with Gasteiger partial charge in [0.25, 0.3) is 0 Å². The smallest absolute Gasteiger partial charge is 0.150 e. The zero-order valence-electron chi connectivity index (χ0n) is 10.7. The van der Waals surface area contributed by atoms with Crippen molar-refractivity contribution in [2.45, 2.75) is 5.92 Å². The lowest BCUT2D eigenvalue weighted by molar-refractivity contribution is -0.105. The van der Waals surface area contributed by atoms with Crippen LogP contribution >= 0.6 is 0 Å². The molecule has 0 aromatic heterocycles. The number of carbonyl (C=O) groups excluding carboxylic acids is 2. The van der Waals surface area contributed by atoms with E-state index >= 15 is 0 Å². The van der Waals surface area contributed by atoms with Gasteiger partial charge in [0.2, 0.25) is 0 Å². The summed E-state index contributed by atoms with van der Waals surface area (Å²) in [5.74, 6) is -0.358. The van der Waals surface area contributed by atoms with Gasteiger partial charge in [0, 0.05) is 17.1 Å². The third-order valence-corrected chi connectivity index (χ3v) is 3.45. The van der Waals surface area contributed by atoms with Crippen molar-refractivity contribution in [1.82, 2.24) is 0 Å². The molecule has 0 radical (unpaired) electrons. The highest BCUT2D eigenvalue weighted by molar-refractivity contribution is 5.88. The summed E-state index contributed by atoms with van der Waals surface area (Å²) in [6.07, 6.45) is 4.24. The molecule has 0 saturated heterocycles. The standard InChI is InChI=1S/C17H12O3/c18-8-15-10-20-11-16(9-19)17(15)14-6-5-12-3-1-2-4-13(12)7-14/h1-11,17H. The lowest BCUT2D eigenvalue weighted by atomic mass is 9.85. The van der Waals surface area contributed by atoms with Gasteiger partial charge >= 0.3 is 0 Å². The first kappa shape index (κ1) is 12.4. The van der Waals surface area contributed by atoms with Gasteiger partial charge in [-0.15, -0.1) is 0 Å². The average molecular weight is 264 g/mol. The number of hydrogen-bond acceptors (Lipinski definition) is 3. The Morgan fingerprint density at radius 3 is 2.15 bits per heavy atom. The molecule has 0 fully saturated rings. The molecule has 0 aliphatic carbocycles. The van der Waals surface area contributed by atoms with E-state index in [0.717, 1.165) is 28.9 Å². The molecule has 3 nitrogen and oxygen atoms in total. The predicted octanol–water partition coefficient (Wildman–Crippen LogP) is 3.12. The van der Waals surface area contributed by atoms with Crippen molar-refractivity contribution < 1.29 is 14.3 Å². The fraction of sp³-hybridized carbons (Fsp3) is 0.0588. The number of rotatable bonds is 3. The highest BCUT2D eigenvalue weighted by Crippen LogP contribution is 2.34. The van der Waals surface area contributed by atoms with Crippen LogP contribution in [0.4, 0.5) is 0 Å². The Kier molecular flexibility index (Phi) is 3.17. The molecule has 2 aromatic rings. The second-order valence-electron chi connectivity index (χ2n) is 4.65. The van der Waals surface area contributed by atoms with E-state index in [1.165, 1.54) is 12.5 Å². The van der Waals surface area contributed by atoms with E-state index in [0.29, 0.717) is 11.1 Å². The topological polar surface area (TPSA) is 43.4 Å². The first-order valence-electron chi connectivity index (χ1n) is 6.28. The largest absolute Gasteiger partial charge is 0.472 e. The molecular weight excluding hydrogens is 252 g/mol. The lowest BCUT2D eigenvalue weighted by Gasteiger charge is -2.20. The number of carbonyl (C=O) groups is 2. The van der Waals surface area contributed by atoms with Gasteiger partial charge < -0.3 is 4.74 Å². The second-order valence-corrected chi connectivity index (χ2v) is 4.65. The van der Waals surface area contributed by atoms with E-state index in [2.05, 4.69) is 0 Å². The van der Waals surface area contributed by atoms with E-state index in [4.69, 9.17) is 4.74 Å². The molecule has 3 heteroatoms. The Labute approximate surface area is 116 Å². The molecule has 1 aliphatic heterocycles. The summed E-state index contributed by atoms with van der Waals surface area (Å²) in [7, 11) is 0. The summed E-state index contributed by atoms with van der Waals surface area (Å²) in [6.45, 7) is 0. The van der Waals surface area contributed by atoms with Gasteiger partial charge in [0.1, 0.15) is 12.6 Å². The zero-order valence-corrected chi connectivity index (χ0v) is 10.7. The second kappa shape index (κ2) is 5.13. The van der Waals surface area contributed by atoms with Gasteiger partial charge in [-0.1, -0.05) is 42.5 Å². The Morgan fingerprint density at radius 1 is 0.850 bits per heavy atom. The molecule has 98 valence electrons. The van der Waals surface area contributed by atoms with E-state index in [9.17, 15) is 9.59 Å². The molecule has 1 aliphatic rings. The van der Waals surface area contributed by atoms with Gasteiger partial charge in [0.05, 0.1) is 12.5 Å². The van der Waals surface area contributed by atoms with Gasteiger partial charge in [-0.2, -0.15) is 0 Å². The number of hydrogen-bond donors (Lipinski definition) is 0. The summed E-state index contributed by atoms with van der Waals surface area (Å²) in [4.78, 5) is 22.4.